The van der Waals surface area contributed by atoms with Crippen LogP contribution in [0.3, 0.4) is 0 Å². The molecule has 3 fully saturated rings. The van der Waals surface area contributed by atoms with E-state index in [1.807, 2.05) is 0 Å². The van der Waals surface area contributed by atoms with Crippen LogP contribution in [0.2, 0.25) is 0 Å². The second-order valence-electron chi connectivity index (χ2n) is 13.3. The summed E-state index contributed by atoms with van der Waals surface area (Å²) in [5.74, 6) is 1.49. The topological polar surface area (TPSA) is 86.1 Å². The predicted molar refractivity (Wildman–Crippen MR) is 148 cm³/mol. The van der Waals surface area contributed by atoms with Gasteiger partial charge in [0.15, 0.2) is 0 Å². The van der Waals surface area contributed by atoms with Crippen molar-refractivity contribution in [2.45, 2.75) is 129 Å². The minimum Gasteiger partial charge on any atom is -0.464 e. The molecule has 7 nitrogen and oxygen atoms in total. The molecule has 5 rings (SSSR count). The molecule has 0 unspecified atom stereocenters. The smallest absolute Gasteiger partial charge is 0.293 e. The summed E-state index contributed by atoms with van der Waals surface area (Å²) in [6.45, 7) is 14.5. The Balaban J connectivity index is 1.55. The Hall–Kier alpha value is -2.70. The molecule has 7 heteroatoms. The maximum absolute atomic E-state index is 13.5. The second kappa shape index (κ2) is 10.1. The molecule has 0 bridgehead atoms. The lowest BCUT2D eigenvalue weighted by Crippen LogP contribution is -2.47. The maximum atomic E-state index is 13.5. The molecule has 38 heavy (non-hydrogen) atoms. The van der Waals surface area contributed by atoms with E-state index in [0.29, 0.717) is 30.8 Å². The lowest BCUT2D eigenvalue weighted by atomic mass is 9.87. The van der Waals surface area contributed by atoms with E-state index in [0.717, 1.165) is 53.5 Å². The van der Waals surface area contributed by atoms with E-state index in [4.69, 9.17) is 14.7 Å². The maximum Gasteiger partial charge on any atom is 0.293 e. The zero-order valence-electron chi connectivity index (χ0n) is 24.0. The standard InChI is InChI=1S/C31H44N4O3/c1-19-26(33-29(31(6)12-13-31)34-27(19)30(3,4)5)25-16-24(28(37)32-22-14-23(15-22)38-18-36)20(2)35(25)17-21-10-8-7-9-11-21/h16,18,21-23H,7-15,17H2,1-6H3,(H,32,37)/t22-,23-. The predicted octanol–water partition coefficient (Wildman–Crippen LogP) is 5.93. The molecule has 0 saturated heterocycles. The summed E-state index contributed by atoms with van der Waals surface area (Å²) in [6, 6.07) is 2.10. The van der Waals surface area contributed by atoms with Crippen LogP contribution in [0.5, 0.6) is 0 Å². The molecular weight excluding hydrogens is 476 g/mol. The molecule has 206 valence electrons. The number of rotatable bonds is 8. The Morgan fingerprint density at radius 1 is 1.16 bits per heavy atom. The number of nitrogens with one attached hydrogen (secondary N) is 1. The third-order valence-electron chi connectivity index (χ3n) is 9.09. The van der Waals surface area contributed by atoms with Gasteiger partial charge in [-0.05, 0) is 57.1 Å². The normalized spacial score (nSPS) is 23.0. The number of hydrogen-bond donors (Lipinski definition) is 1. The quantitative estimate of drug-likeness (QED) is 0.436. The van der Waals surface area contributed by atoms with E-state index in [1.165, 1.54) is 32.1 Å². The van der Waals surface area contributed by atoms with Crippen molar-refractivity contribution >= 4 is 12.4 Å². The molecule has 1 amide bonds. The van der Waals surface area contributed by atoms with Crippen LogP contribution in [0, 0.1) is 19.8 Å². The Labute approximate surface area is 227 Å². The second-order valence-corrected chi connectivity index (χ2v) is 13.3. The summed E-state index contributed by atoms with van der Waals surface area (Å²) >= 11 is 0. The molecule has 0 radical (unpaired) electrons. The highest BCUT2D eigenvalue weighted by molar-refractivity contribution is 5.97. The summed E-state index contributed by atoms with van der Waals surface area (Å²) in [6.07, 6.45) is 9.83. The molecule has 2 aromatic rings. The fourth-order valence-corrected chi connectivity index (χ4v) is 6.25. The van der Waals surface area contributed by atoms with Crippen molar-refractivity contribution in [2.75, 3.05) is 0 Å². The Morgan fingerprint density at radius 3 is 2.45 bits per heavy atom. The van der Waals surface area contributed by atoms with Crippen LogP contribution in [0.25, 0.3) is 11.4 Å². The average Bonchev–Trinajstić information content (AvgIpc) is 3.52. The van der Waals surface area contributed by atoms with Gasteiger partial charge in [-0.25, -0.2) is 9.97 Å². The number of ether oxygens (including phenoxy) is 1. The summed E-state index contributed by atoms with van der Waals surface area (Å²) in [4.78, 5) is 34.5. The van der Waals surface area contributed by atoms with Gasteiger partial charge in [0.05, 0.1) is 22.6 Å². The van der Waals surface area contributed by atoms with Crippen molar-refractivity contribution in [1.82, 2.24) is 19.9 Å². The van der Waals surface area contributed by atoms with Gasteiger partial charge in [-0.1, -0.05) is 47.0 Å². The van der Waals surface area contributed by atoms with Crippen molar-refractivity contribution in [3.63, 3.8) is 0 Å². The van der Waals surface area contributed by atoms with Crippen LogP contribution in [-0.4, -0.2) is 39.1 Å². The van der Waals surface area contributed by atoms with Crippen molar-refractivity contribution in [3.8, 4) is 11.4 Å². The monoisotopic (exact) mass is 520 g/mol. The third-order valence-corrected chi connectivity index (χ3v) is 9.09. The first-order valence-electron chi connectivity index (χ1n) is 14.5. The molecule has 3 saturated carbocycles. The van der Waals surface area contributed by atoms with E-state index in [-0.39, 0.29) is 28.9 Å². The fourth-order valence-electron chi connectivity index (χ4n) is 6.25. The van der Waals surface area contributed by atoms with E-state index < -0.39 is 0 Å². The third kappa shape index (κ3) is 5.26. The van der Waals surface area contributed by atoms with Gasteiger partial charge in [0, 0.05) is 42.0 Å². The molecule has 0 aliphatic heterocycles. The van der Waals surface area contributed by atoms with Crippen molar-refractivity contribution < 1.29 is 14.3 Å². The summed E-state index contributed by atoms with van der Waals surface area (Å²) in [5, 5.41) is 3.17. The first-order chi connectivity index (χ1) is 18.0. The van der Waals surface area contributed by atoms with Crippen LogP contribution >= 0.6 is 0 Å². The van der Waals surface area contributed by atoms with Gasteiger partial charge < -0.3 is 14.6 Å². The molecular formula is C31H44N4O3. The van der Waals surface area contributed by atoms with Crippen LogP contribution in [-0.2, 0) is 26.9 Å². The van der Waals surface area contributed by atoms with Gasteiger partial charge in [0.25, 0.3) is 12.4 Å². The molecule has 2 aromatic heterocycles. The van der Waals surface area contributed by atoms with Crippen LogP contribution in [0.15, 0.2) is 6.07 Å². The number of carbonyl (C=O) groups is 2. The van der Waals surface area contributed by atoms with Gasteiger partial charge in [0.1, 0.15) is 11.9 Å². The molecule has 1 N–H and O–H groups in total. The summed E-state index contributed by atoms with van der Waals surface area (Å²) < 4.78 is 7.40. The highest BCUT2D eigenvalue weighted by Crippen LogP contribution is 2.47. The van der Waals surface area contributed by atoms with Gasteiger partial charge in [-0.2, -0.15) is 0 Å². The zero-order chi connectivity index (χ0) is 27.2. The summed E-state index contributed by atoms with van der Waals surface area (Å²) in [5.41, 5.74) is 5.84. The van der Waals surface area contributed by atoms with E-state index in [1.54, 1.807) is 0 Å². The highest BCUT2D eigenvalue weighted by atomic mass is 16.5. The Bertz CT molecular complexity index is 1210. The van der Waals surface area contributed by atoms with E-state index in [9.17, 15) is 9.59 Å². The lowest BCUT2D eigenvalue weighted by molar-refractivity contribution is -0.138. The molecule has 3 aliphatic carbocycles. The molecule has 0 aromatic carbocycles. The fraction of sp³-hybridized carbons (Fsp3) is 0.677. The number of nitrogens with zero attached hydrogens (tertiary/aromatic N) is 3. The van der Waals surface area contributed by atoms with Gasteiger partial charge in [-0.3, -0.25) is 9.59 Å². The highest BCUT2D eigenvalue weighted by Gasteiger charge is 2.43. The molecule has 0 spiro atoms. The van der Waals surface area contributed by atoms with Crippen molar-refractivity contribution in [2.24, 2.45) is 5.92 Å². The minimum atomic E-state index is -0.109. The largest absolute Gasteiger partial charge is 0.464 e. The first-order valence-corrected chi connectivity index (χ1v) is 14.5. The van der Waals surface area contributed by atoms with Crippen LogP contribution in [0.4, 0.5) is 0 Å². The van der Waals surface area contributed by atoms with Gasteiger partial charge >= 0.3 is 0 Å². The average molecular weight is 521 g/mol. The van der Waals surface area contributed by atoms with Gasteiger partial charge in [0.2, 0.25) is 0 Å². The number of amides is 1. The first kappa shape index (κ1) is 26.9. The Morgan fingerprint density at radius 2 is 1.84 bits per heavy atom. The Kier molecular flexibility index (Phi) is 7.16. The van der Waals surface area contributed by atoms with Crippen molar-refractivity contribution in [3.05, 3.63) is 34.4 Å². The van der Waals surface area contributed by atoms with Crippen molar-refractivity contribution in [1.29, 1.82) is 0 Å². The zero-order valence-corrected chi connectivity index (χ0v) is 24.0. The van der Waals surface area contributed by atoms with Crippen LogP contribution < -0.4 is 5.32 Å². The van der Waals surface area contributed by atoms with Gasteiger partial charge in [-0.15, -0.1) is 0 Å². The van der Waals surface area contributed by atoms with Crippen LogP contribution in [0.1, 0.15) is 119 Å². The lowest BCUT2D eigenvalue weighted by Gasteiger charge is -2.34. The van der Waals surface area contributed by atoms with E-state index in [2.05, 4.69) is 57.5 Å². The van der Waals surface area contributed by atoms with E-state index >= 15 is 0 Å². The summed E-state index contributed by atoms with van der Waals surface area (Å²) in [7, 11) is 0. The molecule has 3 aliphatic rings. The number of hydrogen-bond acceptors (Lipinski definition) is 5. The SMILES string of the molecule is Cc1c(-c2cc(C(=O)N[C@H]3C[C@H](OC=O)C3)c(C)n2CC2CCCCC2)nc(C2(C)CC2)nc1C(C)(C)C. The molecule has 0 atom stereocenters. The minimum absolute atomic E-state index is 0.0340. The molecule has 2 heterocycles. The number of carbonyl (C=O) groups excluding carboxylic acids is 2. The number of aromatic nitrogens is 3.